The van der Waals surface area contributed by atoms with E-state index in [2.05, 4.69) is 0 Å². The molecule has 6 nitrogen and oxygen atoms in total. The van der Waals surface area contributed by atoms with Gasteiger partial charge < -0.3 is 21.5 Å². The molecule has 1 aliphatic heterocycles. The molecule has 7 heteroatoms. The molecule has 2 unspecified atom stereocenters. The molecule has 0 bridgehead atoms. The maximum Gasteiger partial charge on any atom is 0.254 e. The van der Waals surface area contributed by atoms with Crippen molar-refractivity contribution in [2.24, 2.45) is 5.73 Å². The number of nitrogens with zero attached hydrogens (tertiary/aromatic N) is 1. The molecule has 0 spiro atoms. The van der Waals surface area contributed by atoms with Crippen LogP contribution in [0.4, 0.5) is 5.69 Å². The monoisotopic (exact) mass is 283 g/mol. The van der Waals surface area contributed by atoms with Gasteiger partial charge in [0, 0.05) is 18.5 Å². The molecule has 5 N–H and O–H groups in total. The van der Waals surface area contributed by atoms with Gasteiger partial charge in [0.15, 0.2) is 0 Å². The largest absolute Gasteiger partial charge is 0.398 e. The Balaban J connectivity index is 2.27. The lowest BCUT2D eigenvalue weighted by atomic mass is 10.1. The summed E-state index contributed by atoms with van der Waals surface area (Å²) in [6.45, 7) is 0.0783. The van der Waals surface area contributed by atoms with E-state index in [1.54, 1.807) is 0 Å². The number of rotatable bonds is 2. The molecule has 19 heavy (non-hydrogen) atoms. The Morgan fingerprint density at radius 2 is 2.11 bits per heavy atom. The summed E-state index contributed by atoms with van der Waals surface area (Å²) in [5.74, 6) is -1.03. The van der Waals surface area contributed by atoms with Gasteiger partial charge in [-0.15, -0.1) is 0 Å². The van der Waals surface area contributed by atoms with Gasteiger partial charge in [-0.05, 0) is 18.2 Å². The minimum absolute atomic E-state index is 0.0783. The number of likely N-dealkylation sites (tertiary alicyclic amines) is 1. The van der Waals surface area contributed by atoms with Gasteiger partial charge in [-0.2, -0.15) is 0 Å². The van der Waals surface area contributed by atoms with Crippen LogP contribution in [0.25, 0.3) is 0 Å². The molecule has 1 heterocycles. The second-order valence-electron chi connectivity index (χ2n) is 4.50. The average Bonchev–Trinajstić information content (AvgIpc) is 2.74. The predicted molar refractivity (Wildman–Crippen MR) is 70.5 cm³/mol. The van der Waals surface area contributed by atoms with Crippen LogP contribution in [0.3, 0.4) is 0 Å². The maximum atomic E-state index is 12.3. The van der Waals surface area contributed by atoms with Crippen molar-refractivity contribution in [3.8, 4) is 0 Å². The molecular weight excluding hydrogens is 270 g/mol. The van der Waals surface area contributed by atoms with E-state index in [4.69, 9.17) is 23.1 Å². The number of primary amides is 1. The molecule has 2 atom stereocenters. The quantitative estimate of drug-likeness (QED) is 0.663. The first kappa shape index (κ1) is 13.6. The zero-order valence-corrected chi connectivity index (χ0v) is 10.8. The summed E-state index contributed by atoms with van der Waals surface area (Å²) in [4.78, 5) is 24.8. The fraction of sp³-hybridized carbons (Fsp3) is 0.333. The Morgan fingerprint density at radius 3 is 2.68 bits per heavy atom. The van der Waals surface area contributed by atoms with Crippen molar-refractivity contribution in [1.29, 1.82) is 0 Å². The zero-order valence-electron chi connectivity index (χ0n) is 10.0. The zero-order chi connectivity index (χ0) is 14.2. The Kier molecular flexibility index (Phi) is 3.64. The number of nitrogen functional groups attached to an aromatic ring is 1. The van der Waals surface area contributed by atoms with Crippen LogP contribution in [0.15, 0.2) is 18.2 Å². The van der Waals surface area contributed by atoms with Crippen LogP contribution < -0.4 is 11.5 Å². The average molecular weight is 284 g/mol. The SMILES string of the molecule is NC(=O)C1CC(O)CN1C(=O)c1ccc(Cl)c(N)c1. The molecule has 0 saturated carbocycles. The molecule has 0 aromatic heterocycles. The van der Waals surface area contributed by atoms with Crippen LogP contribution in [-0.4, -0.2) is 40.5 Å². The van der Waals surface area contributed by atoms with Gasteiger partial charge in [-0.3, -0.25) is 9.59 Å². The number of amides is 2. The number of hydrogen-bond donors (Lipinski definition) is 3. The lowest BCUT2D eigenvalue weighted by Gasteiger charge is -2.22. The van der Waals surface area contributed by atoms with E-state index in [0.29, 0.717) is 10.6 Å². The van der Waals surface area contributed by atoms with Crippen LogP contribution in [-0.2, 0) is 4.79 Å². The molecule has 1 aliphatic rings. The van der Waals surface area contributed by atoms with Gasteiger partial charge in [-0.25, -0.2) is 0 Å². The first-order valence-electron chi connectivity index (χ1n) is 5.73. The minimum Gasteiger partial charge on any atom is -0.398 e. The third-order valence-corrected chi connectivity index (χ3v) is 3.46. The third-order valence-electron chi connectivity index (χ3n) is 3.11. The molecule has 2 amide bonds. The van der Waals surface area contributed by atoms with Gasteiger partial charge in [0.25, 0.3) is 5.91 Å². The summed E-state index contributed by atoms with van der Waals surface area (Å²) in [7, 11) is 0. The van der Waals surface area contributed by atoms with Crippen molar-refractivity contribution in [2.45, 2.75) is 18.6 Å². The van der Waals surface area contributed by atoms with Gasteiger partial charge in [0.1, 0.15) is 6.04 Å². The van der Waals surface area contributed by atoms with Gasteiger partial charge in [0.05, 0.1) is 16.8 Å². The van der Waals surface area contributed by atoms with E-state index in [-0.39, 0.29) is 18.7 Å². The highest BCUT2D eigenvalue weighted by atomic mass is 35.5. The number of carbonyl (C=O) groups is 2. The normalized spacial score (nSPS) is 22.5. The highest BCUT2D eigenvalue weighted by Crippen LogP contribution is 2.24. The number of aliphatic hydroxyl groups excluding tert-OH is 1. The van der Waals surface area contributed by atoms with E-state index >= 15 is 0 Å². The molecule has 1 aromatic rings. The molecule has 0 radical (unpaired) electrons. The van der Waals surface area contributed by atoms with Crippen LogP contribution in [0.2, 0.25) is 5.02 Å². The van der Waals surface area contributed by atoms with Gasteiger partial charge in [0.2, 0.25) is 5.91 Å². The number of benzene rings is 1. The van der Waals surface area contributed by atoms with Crippen LogP contribution >= 0.6 is 11.6 Å². The topological polar surface area (TPSA) is 110 Å². The number of halogens is 1. The van der Waals surface area contributed by atoms with Crippen molar-refractivity contribution in [3.63, 3.8) is 0 Å². The Morgan fingerprint density at radius 1 is 1.42 bits per heavy atom. The van der Waals surface area contributed by atoms with Crippen LogP contribution in [0, 0.1) is 0 Å². The fourth-order valence-electron chi connectivity index (χ4n) is 2.15. The Labute approximate surface area is 114 Å². The summed E-state index contributed by atoms with van der Waals surface area (Å²) >= 11 is 5.78. The number of anilines is 1. The fourth-order valence-corrected chi connectivity index (χ4v) is 2.27. The highest BCUT2D eigenvalue weighted by Gasteiger charge is 2.38. The summed E-state index contributed by atoms with van der Waals surface area (Å²) in [6, 6.07) is 3.67. The molecule has 0 aliphatic carbocycles. The van der Waals surface area contributed by atoms with Gasteiger partial charge >= 0.3 is 0 Å². The molecule has 2 rings (SSSR count). The second kappa shape index (κ2) is 5.07. The number of hydrogen-bond acceptors (Lipinski definition) is 4. The van der Waals surface area contributed by atoms with Crippen molar-refractivity contribution < 1.29 is 14.7 Å². The molecule has 1 fully saturated rings. The maximum absolute atomic E-state index is 12.3. The number of aliphatic hydroxyl groups is 1. The third kappa shape index (κ3) is 2.64. The molecule has 102 valence electrons. The van der Waals surface area contributed by atoms with E-state index in [9.17, 15) is 14.7 Å². The van der Waals surface area contributed by atoms with Crippen molar-refractivity contribution >= 4 is 29.1 Å². The lowest BCUT2D eigenvalue weighted by molar-refractivity contribution is -0.121. The lowest BCUT2D eigenvalue weighted by Crippen LogP contribution is -2.43. The summed E-state index contributed by atoms with van der Waals surface area (Å²) in [5.41, 5.74) is 11.5. The standard InChI is InChI=1S/C12H14ClN3O3/c13-8-2-1-6(3-9(8)14)12(19)16-5-7(17)4-10(16)11(15)18/h1-3,7,10,17H,4-5,14H2,(H2,15,18). The summed E-state index contributed by atoms with van der Waals surface area (Å²) in [6.07, 6.45) is -0.587. The van der Waals surface area contributed by atoms with E-state index < -0.39 is 24.0 Å². The summed E-state index contributed by atoms with van der Waals surface area (Å²) < 4.78 is 0. The molecule has 1 aromatic carbocycles. The smallest absolute Gasteiger partial charge is 0.254 e. The van der Waals surface area contributed by atoms with Crippen LogP contribution in [0.5, 0.6) is 0 Å². The Bertz CT molecular complexity index is 535. The first-order chi connectivity index (χ1) is 8.90. The van der Waals surface area contributed by atoms with E-state index in [0.717, 1.165) is 0 Å². The molecular formula is C12H14ClN3O3. The number of nitrogens with two attached hydrogens (primary N) is 2. The Hall–Kier alpha value is -1.79. The van der Waals surface area contributed by atoms with E-state index in [1.807, 2.05) is 0 Å². The number of β-amino-alcohol motifs (C(OH)–C–C–N with tert-alkyl or cyclic N) is 1. The molecule has 1 saturated heterocycles. The van der Waals surface area contributed by atoms with Crippen molar-refractivity contribution in [1.82, 2.24) is 4.90 Å². The van der Waals surface area contributed by atoms with Gasteiger partial charge in [-0.1, -0.05) is 11.6 Å². The minimum atomic E-state index is -0.792. The van der Waals surface area contributed by atoms with Crippen molar-refractivity contribution in [2.75, 3.05) is 12.3 Å². The van der Waals surface area contributed by atoms with Crippen LogP contribution in [0.1, 0.15) is 16.8 Å². The predicted octanol–water partition coefficient (Wildman–Crippen LogP) is -0.0171. The van der Waals surface area contributed by atoms with Crippen molar-refractivity contribution in [3.05, 3.63) is 28.8 Å². The highest BCUT2D eigenvalue weighted by molar-refractivity contribution is 6.33. The second-order valence-corrected chi connectivity index (χ2v) is 4.91. The van der Waals surface area contributed by atoms with E-state index in [1.165, 1.54) is 23.1 Å². The first-order valence-corrected chi connectivity index (χ1v) is 6.11. The number of carbonyl (C=O) groups excluding carboxylic acids is 2. The summed E-state index contributed by atoms with van der Waals surface area (Å²) in [5, 5.41) is 9.92.